The summed E-state index contributed by atoms with van der Waals surface area (Å²) in [7, 11) is 1.30. The highest BCUT2D eigenvalue weighted by Crippen LogP contribution is 2.34. The normalized spacial score (nSPS) is 10.3. The number of halogens is 1. The SMILES string of the molecule is CCN(CC)C(=O)c1sc(NC(=S)Nc2ccc(Br)cn2)c(C(=O)OC)c1C. The van der Waals surface area contributed by atoms with Gasteiger partial charge in [-0.1, -0.05) is 0 Å². The van der Waals surface area contributed by atoms with Crippen LogP contribution in [0.15, 0.2) is 22.8 Å². The van der Waals surface area contributed by atoms with Crippen LogP contribution in [-0.2, 0) is 4.74 Å². The molecule has 0 aliphatic rings. The van der Waals surface area contributed by atoms with E-state index in [0.29, 0.717) is 39.9 Å². The molecule has 0 radical (unpaired) electrons. The number of nitrogens with one attached hydrogen (secondary N) is 2. The Kier molecular flexibility index (Phi) is 7.90. The molecule has 1 amide bonds. The van der Waals surface area contributed by atoms with E-state index in [4.69, 9.17) is 17.0 Å². The topological polar surface area (TPSA) is 83.6 Å². The summed E-state index contributed by atoms with van der Waals surface area (Å²) in [6, 6.07) is 3.59. The van der Waals surface area contributed by atoms with Crippen LogP contribution in [0.3, 0.4) is 0 Å². The van der Waals surface area contributed by atoms with E-state index in [1.807, 2.05) is 19.9 Å². The number of thiophene rings is 1. The van der Waals surface area contributed by atoms with Crippen molar-refractivity contribution in [3.05, 3.63) is 38.8 Å². The zero-order valence-electron chi connectivity index (χ0n) is 16.0. The van der Waals surface area contributed by atoms with Crippen LogP contribution in [0.1, 0.15) is 39.4 Å². The Labute approximate surface area is 181 Å². The van der Waals surface area contributed by atoms with E-state index in [-0.39, 0.29) is 11.0 Å². The van der Waals surface area contributed by atoms with Crippen LogP contribution in [0.5, 0.6) is 0 Å². The van der Waals surface area contributed by atoms with Gasteiger partial charge in [-0.05, 0) is 66.6 Å². The van der Waals surface area contributed by atoms with E-state index in [1.165, 1.54) is 18.4 Å². The zero-order chi connectivity index (χ0) is 20.8. The van der Waals surface area contributed by atoms with Crippen LogP contribution in [0.2, 0.25) is 0 Å². The lowest BCUT2D eigenvalue weighted by molar-refractivity contribution is 0.0601. The monoisotopic (exact) mass is 484 g/mol. The van der Waals surface area contributed by atoms with Gasteiger partial charge < -0.3 is 20.3 Å². The van der Waals surface area contributed by atoms with Crippen molar-refractivity contribution in [1.29, 1.82) is 0 Å². The number of carbonyl (C=O) groups excluding carboxylic acids is 2. The predicted molar refractivity (Wildman–Crippen MR) is 119 cm³/mol. The molecule has 10 heteroatoms. The predicted octanol–water partition coefficient (Wildman–Crippen LogP) is 4.29. The molecule has 2 rings (SSSR count). The van der Waals surface area contributed by atoms with E-state index in [9.17, 15) is 9.59 Å². The van der Waals surface area contributed by atoms with E-state index in [0.717, 1.165) is 4.47 Å². The summed E-state index contributed by atoms with van der Waals surface area (Å²) < 4.78 is 5.74. The second kappa shape index (κ2) is 9.94. The van der Waals surface area contributed by atoms with Crippen molar-refractivity contribution < 1.29 is 14.3 Å². The maximum absolute atomic E-state index is 12.8. The first-order chi connectivity index (χ1) is 13.3. The number of pyridine rings is 1. The summed E-state index contributed by atoms with van der Waals surface area (Å²) in [5, 5.41) is 6.65. The van der Waals surface area contributed by atoms with Gasteiger partial charge in [0.25, 0.3) is 5.91 Å². The average molecular weight is 485 g/mol. The van der Waals surface area contributed by atoms with Crippen molar-refractivity contribution in [3.63, 3.8) is 0 Å². The number of carbonyl (C=O) groups is 2. The molecular weight excluding hydrogens is 464 g/mol. The molecule has 2 aromatic rings. The van der Waals surface area contributed by atoms with Crippen molar-refractivity contribution in [3.8, 4) is 0 Å². The number of thiocarbonyl (C=S) groups is 1. The molecule has 0 aliphatic heterocycles. The number of rotatable bonds is 6. The summed E-state index contributed by atoms with van der Waals surface area (Å²) in [6.45, 7) is 6.72. The lowest BCUT2D eigenvalue weighted by Crippen LogP contribution is -2.30. The third kappa shape index (κ3) is 5.06. The van der Waals surface area contributed by atoms with E-state index in [2.05, 4.69) is 31.5 Å². The first-order valence-corrected chi connectivity index (χ1v) is 10.5. The maximum atomic E-state index is 12.8. The lowest BCUT2D eigenvalue weighted by atomic mass is 10.1. The fourth-order valence-electron chi connectivity index (χ4n) is 2.51. The second-order valence-corrected chi connectivity index (χ2v) is 8.01. The zero-order valence-corrected chi connectivity index (χ0v) is 19.2. The van der Waals surface area contributed by atoms with Gasteiger partial charge in [0.1, 0.15) is 10.8 Å². The number of aromatic nitrogens is 1. The fourth-order valence-corrected chi connectivity index (χ4v) is 4.18. The van der Waals surface area contributed by atoms with E-state index >= 15 is 0 Å². The van der Waals surface area contributed by atoms with Gasteiger partial charge in [0.2, 0.25) is 0 Å². The van der Waals surface area contributed by atoms with Crippen molar-refractivity contribution in [1.82, 2.24) is 9.88 Å². The number of methoxy groups -OCH3 is 1. The number of ether oxygens (including phenoxy) is 1. The average Bonchev–Trinajstić information content (AvgIpc) is 2.99. The van der Waals surface area contributed by atoms with E-state index < -0.39 is 5.97 Å². The molecule has 0 fully saturated rings. The van der Waals surface area contributed by atoms with Crippen molar-refractivity contribution in [2.24, 2.45) is 0 Å². The Hall–Kier alpha value is -2.04. The third-order valence-electron chi connectivity index (χ3n) is 3.98. The molecule has 0 aliphatic carbocycles. The quantitative estimate of drug-likeness (QED) is 0.467. The minimum absolute atomic E-state index is 0.126. The number of hydrogen-bond donors (Lipinski definition) is 2. The first kappa shape index (κ1) is 22.3. The van der Waals surface area contributed by atoms with Gasteiger partial charge >= 0.3 is 5.97 Å². The standard InChI is InChI=1S/C18H21BrN4O3S2/c1-5-23(6-2)16(24)14-10(3)13(17(25)26-4)15(28-14)22-18(27)21-12-8-7-11(19)9-20-12/h7-9H,5-6H2,1-4H3,(H2,20,21,22,27). The molecule has 0 aromatic carbocycles. The van der Waals surface area contributed by atoms with Gasteiger partial charge in [0.15, 0.2) is 5.11 Å². The van der Waals surface area contributed by atoms with Crippen LogP contribution in [-0.4, -0.2) is 47.1 Å². The molecule has 0 spiro atoms. The van der Waals surface area contributed by atoms with Gasteiger partial charge in [-0.3, -0.25) is 4.79 Å². The van der Waals surface area contributed by atoms with Crippen LogP contribution in [0.25, 0.3) is 0 Å². The summed E-state index contributed by atoms with van der Waals surface area (Å²) >= 11 is 9.84. The summed E-state index contributed by atoms with van der Waals surface area (Å²) in [5.41, 5.74) is 0.872. The summed E-state index contributed by atoms with van der Waals surface area (Å²) in [4.78, 5) is 31.5. The van der Waals surface area contributed by atoms with Crippen molar-refractivity contribution >= 4 is 67.3 Å². The molecule has 0 saturated heterocycles. The van der Waals surface area contributed by atoms with Crippen LogP contribution < -0.4 is 10.6 Å². The number of esters is 1. The third-order valence-corrected chi connectivity index (χ3v) is 5.85. The molecular formula is C18H21BrN4O3S2. The number of hydrogen-bond acceptors (Lipinski definition) is 6. The lowest BCUT2D eigenvalue weighted by Gasteiger charge is -2.17. The number of amides is 1. The molecule has 7 nitrogen and oxygen atoms in total. The van der Waals surface area contributed by atoms with Gasteiger partial charge in [-0.2, -0.15) is 0 Å². The Bertz CT molecular complexity index is 880. The molecule has 0 unspecified atom stereocenters. The molecule has 0 atom stereocenters. The first-order valence-electron chi connectivity index (χ1n) is 8.52. The van der Waals surface area contributed by atoms with Gasteiger partial charge in [0.05, 0.1) is 17.6 Å². The van der Waals surface area contributed by atoms with Gasteiger partial charge in [0, 0.05) is 23.8 Å². The highest BCUT2D eigenvalue weighted by Gasteiger charge is 2.27. The highest BCUT2D eigenvalue weighted by molar-refractivity contribution is 9.10. The molecule has 150 valence electrons. The molecule has 0 bridgehead atoms. The van der Waals surface area contributed by atoms with Gasteiger partial charge in [-0.25, -0.2) is 9.78 Å². The second-order valence-electron chi connectivity index (χ2n) is 5.67. The largest absolute Gasteiger partial charge is 0.465 e. The highest BCUT2D eigenvalue weighted by atomic mass is 79.9. The number of nitrogens with zero attached hydrogens (tertiary/aromatic N) is 2. The van der Waals surface area contributed by atoms with Crippen LogP contribution in [0.4, 0.5) is 10.8 Å². The molecule has 2 aromatic heterocycles. The van der Waals surface area contributed by atoms with Crippen molar-refractivity contribution in [2.45, 2.75) is 20.8 Å². The van der Waals surface area contributed by atoms with Crippen LogP contribution >= 0.6 is 39.5 Å². The fraction of sp³-hybridized carbons (Fsp3) is 0.333. The van der Waals surface area contributed by atoms with E-state index in [1.54, 1.807) is 24.1 Å². The minimum Gasteiger partial charge on any atom is -0.465 e. The Morgan fingerprint density at radius 2 is 1.96 bits per heavy atom. The molecule has 2 heterocycles. The maximum Gasteiger partial charge on any atom is 0.341 e. The smallest absolute Gasteiger partial charge is 0.341 e. The molecule has 2 N–H and O–H groups in total. The molecule has 0 saturated carbocycles. The Balaban J connectivity index is 2.32. The summed E-state index contributed by atoms with van der Waals surface area (Å²) in [5.74, 6) is -0.105. The Morgan fingerprint density at radius 3 is 2.50 bits per heavy atom. The van der Waals surface area contributed by atoms with Gasteiger partial charge in [-0.15, -0.1) is 11.3 Å². The Morgan fingerprint density at radius 1 is 1.29 bits per heavy atom. The van der Waals surface area contributed by atoms with Crippen LogP contribution in [0, 0.1) is 6.92 Å². The minimum atomic E-state index is -0.528. The molecule has 28 heavy (non-hydrogen) atoms. The number of anilines is 2. The summed E-state index contributed by atoms with van der Waals surface area (Å²) in [6.07, 6.45) is 1.64. The van der Waals surface area contributed by atoms with Crippen molar-refractivity contribution in [2.75, 3.05) is 30.8 Å².